The summed E-state index contributed by atoms with van der Waals surface area (Å²) in [6.07, 6.45) is 0. The molecule has 0 amide bonds. The number of hydrogen-bond donors (Lipinski definition) is 1. The summed E-state index contributed by atoms with van der Waals surface area (Å²) in [5.74, 6) is 0. The summed E-state index contributed by atoms with van der Waals surface area (Å²) in [5.41, 5.74) is 0. The first-order chi connectivity index (χ1) is 1.73. The summed E-state index contributed by atoms with van der Waals surface area (Å²) in [4.78, 5) is 8.99. The van der Waals surface area contributed by atoms with Gasteiger partial charge in [-0.1, -0.05) is 0 Å². The third-order valence-electron chi connectivity index (χ3n) is 0. The minimum absolute atomic E-state index is 0.863. The van der Waals surface area contributed by atoms with Gasteiger partial charge < -0.3 is 5.11 Å². The molecule has 0 unspecified atom stereocenters. The lowest BCUT2D eigenvalue weighted by Crippen LogP contribution is -1.64. The Hall–Kier alpha value is 0.200. The molecule has 0 fully saturated rings. The van der Waals surface area contributed by atoms with Crippen LogP contribution in [0.1, 0.15) is 0 Å². The molecule has 0 aliphatic rings. The molecule has 0 aromatic rings. The molecule has 3 heteroatoms. The summed E-state index contributed by atoms with van der Waals surface area (Å²) in [6.45, 7) is 0. The van der Waals surface area contributed by atoms with Crippen molar-refractivity contribution in [3.63, 3.8) is 0 Å². The fourth-order valence-electron chi connectivity index (χ4n) is 0. The Kier molecular flexibility index (Phi) is 1.59. The van der Waals surface area contributed by atoms with Crippen molar-refractivity contribution in [1.29, 1.82) is 0 Å². The molecule has 24 valence electrons. The van der Waals surface area contributed by atoms with E-state index in [1.54, 1.807) is 0 Å². The van der Waals surface area contributed by atoms with Gasteiger partial charge in [0.05, 0.1) is 22.6 Å². The summed E-state index contributed by atoms with van der Waals surface area (Å²) in [7, 11) is 0. The molecule has 0 saturated heterocycles. The van der Waals surface area contributed by atoms with E-state index >= 15 is 0 Å². The van der Waals surface area contributed by atoms with Crippen LogP contribution in [-0.4, -0.2) is 9.08 Å². The zero-order chi connectivity index (χ0) is 3.58. The van der Waals surface area contributed by atoms with Crippen molar-refractivity contribution in [2.45, 2.75) is 0 Å². The SMILES string of the molecule is O=C(O)I. The molecule has 4 heavy (non-hydrogen) atoms. The summed E-state index contributed by atoms with van der Waals surface area (Å²) < 4.78 is -0.863. The Balaban J connectivity index is 2.80. The third kappa shape index (κ3) is 79.2. The Morgan fingerprint density at radius 2 is 2.00 bits per heavy atom. The largest absolute Gasteiger partial charge is 0.474 e. The Morgan fingerprint density at radius 3 is 2.00 bits per heavy atom. The fraction of sp³-hybridized carbons (Fsp3) is 0. The highest BCUT2D eigenvalue weighted by Crippen LogP contribution is 1.76. The zero-order valence-corrected chi connectivity index (χ0v) is 3.89. The fourth-order valence-corrected chi connectivity index (χ4v) is 0. The molecule has 0 atom stereocenters. The third-order valence-corrected chi connectivity index (χ3v) is 0. The molecule has 0 aliphatic carbocycles. The average Bonchev–Trinajstić information content (AvgIpc) is 0.811. The molecule has 0 aliphatic heterocycles. The number of hydrogen-bond acceptors (Lipinski definition) is 1. The second kappa shape index (κ2) is 1.51. The van der Waals surface area contributed by atoms with Gasteiger partial charge in [0.15, 0.2) is 0 Å². The van der Waals surface area contributed by atoms with Crippen molar-refractivity contribution < 1.29 is 9.90 Å². The van der Waals surface area contributed by atoms with Gasteiger partial charge in [0.2, 0.25) is 0 Å². The van der Waals surface area contributed by atoms with Gasteiger partial charge in [-0.05, 0) is 0 Å². The maximum absolute atomic E-state index is 8.99. The molecule has 0 aromatic heterocycles. The summed E-state index contributed by atoms with van der Waals surface area (Å²) >= 11 is 1.26. The van der Waals surface area contributed by atoms with Crippen molar-refractivity contribution in [2.24, 2.45) is 0 Å². The maximum atomic E-state index is 8.99. The predicted octanol–water partition coefficient (Wildman–Crippen LogP) is 1.10. The predicted molar refractivity (Wildman–Crippen MR) is 22.0 cm³/mol. The summed E-state index contributed by atoms with van der Waals surface area (Å²) in [5, 5.41) is 7.40. The molecule has 2 nitrogen and oxygen atoms in total. The Bertz CT molecular complexity index is 29.0. The minimum Gasteiger partial charge on any atom is -0.474 e. The first-order valence-electron chi connectivity index (χ1n) is 0.617. The van der Waals surface area contributed by atoms with Crippen LogP contribution in [0.25, 0.3) is 0 Å². The van der Waals surface area contributed by atoms with Crippen molar-refractivity contribution >= 4 is 26.6 Å². The van der Waals surface area contributed by atoms with Crippen molar-refractivity contribution in [2.75, 3.05) is 0 Å². The lowest BCUT2D eigenvalue weighted by atomic mass is 11.7. The standard InChI is InChI=1S/CHIO2/c2-1(3)4/h(H,3,4). The molecule has 0 spiro atoms. The van der Waals surface area contributed by atoms with Gasteiger partial charge in [-0.2, -0.15) is 0 Å². The van der Waals surface area contributed by atoms with E-state index < -0.39 is 3.98 Å². The van der Waals surface area contributed by atoms with E-state index in [0.29, 0.717) is 0 Å². The number of halogens is 1. The van der Waals surface area contributed by atoms with E-state index in [0.717, 1.165) is 0 Å². The molecular weight excluding hydrogens is 171 g/mol. The van der Waals surface area contributed by atoms with Gasteiger partial charge in [0.25, 0.3) is 0 Å². The molecule has 0 radical (unpaired) electrons. The van der Waals surface area contributed by atoms with E-state index in [1.807, 2.05) is 0 Å². The molecule has 0 bridgehead atoms. The Morgan fingerprint density at radius 1 is 2.00 bits per heavy atom. The molecule has 0 heterocycles. The Labute approximate surface area is 37.0 Å². The smallest absolute Gasteiger partial charge is 0.364 e. The zero-order valence-electron chi connectivity index (χ0n) is 1.73. The van der Waals surface area contributed by atoms with Crippen molar-refractivity contribution in [1.82, 2.24) is 0 Å². The van der Waals surface area contributed by atoms with Crippen molar-refractivity contribution in [3.05, 3.63) is 0 Å². The average molecular weight is 172 g/mol. The topological polar surface area (TPSA) is 37.3 Å². The lowest BCUT2D eigenvalue weighted by Gasteiger charge is -1.56. The van der Waals surface area contributed by atoms with Crippen LogP contribution in [0, 0.1) is 0 Å². The van der Waals surface area contributed by atoms with Crippen LogP contribution in [-0.2, 0) is 0 Å². The highest BCUT2D eigenvalue weighted by atomic mass is 127. The molecular formula is CHIO2. The quantitative estimate of drug-likeness (QED) is 0.438. The van der Waals surface area contributed by atoms with Gasteiger partial charge in [-0.25, -0.2) is 4.79 Å². The van der Waals surface area contributed by atoms with Gasteiger partial charge >= 0.3 is 3.98 Å². The van der Waals surface area contributed by atoms with Gasteiger partial charge in [0, 0.05) is 0 Å². The van der Waals surface area contributed by atoms with Crippen LogP contribution in [0.4, 0.5) is 4.79 Å². The molecule has 0 saturated carbocycles. The summed E-state index contributed by atoms with van der Waals surface area (Å²) in [6, 6.07) is 0. The van der Waals surface area contributed by atoms with E-state index in [-0.39, 0.29) is 0 Å². The molecule has 1 N–H and O–H groups in total. The number of carbonyl (C=O) groups is 1. The molecule has 0 rings (SSSR count). The lowest BCUT2D eigenvalue weighted by molar-refractivity contribution is 0.225. The van der Waals surface area contributed by atoms with Crippen molar-refractivity contribution in [3.8, 4) is 0 Å². The first-order valence-corrected chi connectivity index (χ1v) is 1.70. The van der Waals surface area contributed by atoms with Crippen LogP contribution in [0.2, 0.25) is 0 Å². The van der Waals surface area contributed by atoms with Crippen LogP contribution in [0.3, 0.4) is 0 Å². The number of rotatable bonds is 0. The highest BCUT2D eigenvalue weighted by molar-refractivity contribution is 14.1. The van der Waals surface area contributed by atoms with Gasteiger partial charge in [0.1, 0.15) is 0 Å². The van der Waals surface area contributed by atoms with Crippen LogP contribution in [0.5, 0.6) is 0 Å². The first kappa shape index (κ1) is 4.20. The monoisotopic (exact) mass is 172 g/mol. The van der Waals surface area contributed by atoms with Crippen LogP contribution in [0.15, 0.2) is 0 Å². The van der Waals surface area contributed by atoms with E-state index in [9.17, 15) is 0 Å². The minimum atomic E-state index is -0.863. The maximum Gasteiger partial charge on any atom is 0.364 e. The van der Waals surface area contributed by atoms with Crippen LogP contribution >= 0.6 is 22.6 Å². The van der Waals surface area contributed by atoms with E-state index in [4.69, 9.17) is 9.90 Å². The van der Waals surface area contributed by atoms with Gasteiger partial charge in [-0.3, -0.25) is 0 Å². The van der Waals surface area contributed by atoms with Crippen LogP contribution < -0.4 is 0 Å². The number of carboxylic acid groups (broad SMARTS) is 1. The highest BCUT2D eigenvalue weighted by Gasteiger charge is 1.69. The van der Waals surface area contributed by atoms with E-state index in [2.05, 4.69) is 0 Å². The van der Waals surface area contributed by atoms with E-state index in [1.165, 1.54) is 22.6 Å². The van der Waals surface area contributed by atoms with Gasteiger partial charge in [-0.15, -0.1) is 0 Å². The molecule has 0 aromatic carbocycles. The normalized spacial score (nSPS) is 6.25. The second-order valence-corrected chi connectivity index (χ2v) is 1.18. The second-order valence-electron chi connectivity index (χ2n) is 0.253.